The molecule has 3 unspecified atom stereocenters. The Morgan fingerprint density at radius 2 is 2.40 bits per heavy atom. The topological polar surface area (TPSA) is 61.2 Å². The molecule has 0 saturated carbocycles. The second-order valence-corrected chi connectivity index (χ2v) is 5.55. The molecule has 1 rings (SSSR count). The van der Waals surface area contributed by atoms with Crippen molar-refractivity contribution in [1.29, 1.82) is 5.26 Å². The largest absolute Gasteiger partial charge is 0.339 e. The van der Waals surface area contributed by atoms with Gasteiger partial charge in [0.25, 0.3) is 0 Å². The zero-order valence-corrected chi connectivity index (χ0v) is 9.92. The van der Waals surface area contributed by atoms with Crippen molar-refractivity contribution in [2.45, 2.75) is 25.8 Å². The first-order valence-electron chi connectivity index (χ1n) is 5.03. The molecule has 0 bridgehead atoms. The zero-order valence-electron chi connectivity index (χ0n) is 9.10. The number of nitriles is 1. The van der Waals surface area contributed by atoms with E-state index >= 15 is 0 Å². The molecule has 0 radical (unpaired) electrons. The molecule has 0 aromatic carbocycles. The molecule has 1 saturated heterocycles. The number of likely N-dealkylation sites (tertiary alicyclic amines) is 1. The van der Waals surface area contributed by atoms with Crippen molar-refractivity contribution in [2.75, 3.05) is 18.6 Å². The van der Waals surface area contributed by atoms with Gasteiger partial charge in [0, 0.05) is 41.8 Å². The Balaban J connectivity index is 2.47. The van der Waals surface area contributed by atoms with Gasteiger partial charge in [-0.05, 0) is 13.3 Å². The summed E-state index contributed by atoms with van der Waals surface area (Å²) >= 11 is 0. The molecule has 0 aromatic heterocycles. The van der Waals surface area contributed by atoms with Crippen LogP contribution in [0.2, 0.25) is 0 Å². The van der Waals surface area contributed by atoms with Crippen LogP contribution in [0, 0.1) is 17.2 Å². The lowest BCUT2D eigenvalue weighted by Gasteiger charge is -2.23. The van der Waals surface area contributed by atoms with Crippen molar-refractivity contribution in [2.24, 2.45) is 5.92 Å². The Labute approximate surface area is 92.7 Å². The van der Waals surface area contributed by atoms with Gasteiger partial charge in [0.2, 0.25) is 5.91 Å². The van der Waals surface area contributed by atoms with Gasteiger partial charge in [-0.15, -0.1) is 0 Å². The van der Waals surface area contributed by atoms with E-state index in [0.29, 0.717) is 18.7 Å². The number of hydrogen-bond donors (Lipinski definition) is 0. The molecule has 1 fully saturated rings. The third-order valence-corrected chi connectivity index (χ3v) is 3.51. The number of rotatable bonds is 4. The summed E-state index contributed by atoms with van der Waals surface area (Å²) in [7, 11) is -0.811. The van der Waals surface area contributed by atoms with E-state index in [2.05, 4.69) is 6.07 Å². The maximum absolute atomic E-state index is 11.5. The lowest BCUT2D eigenvalue weighted by Crippen LogP contribution is -2.35. The quantitative estimate of drug-likeness (QED) is 0.704. The third-order valence-electron chi connectivity index (χ3n) is 2.70. The summed E-state index contributed by atoms with van der Waals surface area (Å²) in [6, 6.07) is 2.22. The average molecular weight is 228 g/mol. The van der Waals surface area contributed by atoms with Gasteiger partial charge in [0.05, 0.1) is 12.0 Å². The average Bonchev–Trinajstić information content (AvgIpc) is 2.56. The molecule has 4 nitrogen and oxygen atoms in total. The molecule has 3 atom stereocenters. The van der Waals surface area contributed by atoms with E-state index in [1.807, 2.05) is 6.92 Å². The van der Waals surface area contributed by atoms with Gasteiger partial charge >= 0.3 is 0 Å². The summed E-state index contributed by atoms with van der Waals surface area (Å²) in [4.78, 5) is 13.3. The van der Waals surface area contributed by atoms with Gasteiger partial charge < -0.3 is 4.90 Å². The monoisotopic (exact) mass is 228 g/mol. The van der Waals surface area contributed by atoms with Crippen molar-refractivity contribution in [3.05, 3.63) is 0 Å². The van der Waals surface area contributed by atoms with E-state index in [0.717, 1.165) is 6.42 Å². The minimum absolute atomic E-state index is 0.0518. The van der Waals surface area contributed by atoms with Gasteiger partial charge in [-0.25, -0.2) is 0 Å². The van der Waals surface area contributed by atoms with Crippen LogP contribution >= 0.6 is 0 Å². The highest BCUT2D eigenvalue weighted by Crippen LogP contribution is 2.20. The van der Waals surface area contributed by atoms with Crippen LogP contribution in [0.1, 0.15) is 19.8 Å². The maximum atomic E-state index is 11.5. The first-order chi connectivity index (χ1) is 7.04. The molecule has 5 heteroatoms. The molecular formula is C10H16N2O2S. The Morgan fingerprint density at radius 1 is 1.73 bits per heavy atom. The van der Waals surface area contributed by atoms with Gasteiger partial charge in [-0.1, -0.05) is 0 Å². The molecular weight excluding hydrogens is 212 g/mol. The van der Waals surface area contributed by atoms with Crippen LogP contribution in [-0.2, 0) is 15.6 Å². The summed E-state index contributed by atoms with van der Waals surface area (Å²) in [6.07, 6.45) is 2.75. The lowest BCUT2D eigenvalue weighted by atomic mass is 10.1. The third kappa shape index (κ3) is 3.31. The van der Waals surface area contributed by atoms with Crippen LogP contribution in [-0.4, -0.2) is 39.6 Å². The highest BCUT2D eigenvalue weighted by molar-refractivity contribution is 7.84. The SMILES string of the molecule is CC(CCS(C)=O)N1CC(C#N)CC1=O. The molecule has 0 N–H and O–H groups in total. The van der Waals surface area contributed by atoms with Crippen LogP contribution in [0.5, 0.6) is 0 Å². The van der Waals surface area contributed by atoms with E-state index in [4.69, 9.17) is 5.26 Å². The van der Waals surface area contributed by atoms with Gasteiger partial charge in [-0.2, -0.15) is 5.26 Å². The second kappa shape index (κ2) is 5.26. The van der Waals surface area contributed by atoms with Crippen molar-refractivity contribution in [3.8, 4) is 6.07 Å². The minimum Gasteiger partial charge on any atom is -0.339 e. The normalized spacial score (nSPS) is 25.0. The molecule has 0 aromatic rings. The van der Waals surface area contributed by atoms with Crippen LogP contribution in [0.25, 0.3) is 0 Å². The summed E-state index contributed by atoms with van der Waals surface area (Å²) < 4.78 is 10.9. The lowest BCUT2D eigenvalue weighted by molar-refractivity contribution is -0.129. The van der Waals surface area contributed by atoms with Crippen molar-refractivity contribution in [1.82, 2.24) is 4.90 Å². The number of carbonyl (C=O) groups excluding carboxylic acids is 1. The Hall–Kier alpha value is -0.890. The fourth-order valence-corrected chi connectivity index (χ4v) is 2.41. The Bertz CT molecular complexity index is 311. The fraction of sp³-hybridized carbons (Fsp3) is 0.800. The number of amides is 1. The Morgan fingerprint density at radius 3 is 2.87 bits per heavy atom. The standard InChI is InChI=1S/C10H16N2O2S/c1-8(3-4-15(2)14)12-7-9(6-11)5-10(12)13/h8-9H,3-5,7H2,1-2H3. The van der Waals surface area contributed by atoms with Crippen LogP contribution < -0.4 is 0 Å². The fourth-order valence-electron chi connectivity index (χ4n) is 1.74. The first-order valence-corrected chi connectivity index (χ1v) is 6.76. The molecule has 84 valence electrons. The number of nitrogens with zero attached hydrogens (tertiary/aromatic N) is 2. The highest BCUT2D eigenvalue weighted by Gasteiger charge is 2.32. The maximum Gasteiger partial charge on any atom is 0.224 e. The summed E-state index contributed by atoms with van der Waals surface area (Å²) in [6.45, 7) is 2.48. The smallest absolute Gasteiger partial charge is 0.224 e. The number of carbonyl (C=O) groups is 1. The van der Waals surface area contributed by atoms with E-state index in [9.17, 15) is 9.00 Å². The van der Waals surface area contributed by atoms with Crippen molar-refractivity contribution < 1.29 is 9.00 Å². The molecule has 1 amide bonds. The summed E-state index contributed by atoms with van der Waals surface area (Å²) in [5.41, 5.74) is 0. The molecule has 1 heterocycles. The summed E-state index contributed by atoms with van der Waals surface area (Å²) in [5, 5.41) is 8.72. The zero-order chi connectivity index (χ0) is 11.4. The predicted octanol–water partition coefficient (Wildman–Crippen LogP) is 0.516. The Kier molecular flexibility index (Phi) is 4.28. The van der Waals surface area contributed by atoms with Gasteiger partial charge in [0.1, 0.15) is 0 Å². The van der Waals surface area contributed by atoms with Gasteiger partial charge in [0.15, 0.2) is 0 Å². The number of hydrogen-bond acceptors (Lipinski definition) is 3. The molecule has 15 heavy (non-hydrogen) atoms. The van der Waals surface area contributed by atoms with Crippen LogP contribution in [0.3, 0.4) is 0 Å². The van der Waals surface area contributed by atoms with E-state index < -0.39 is 10.8 Å². The summed E-state index contributed by atoms with van der Waals surface area (Å²) in [5.74, 6) is 0.505. The molecule has 0 spiro atoms. The van der Waals surface area contributed by atoms with Crippen LogP contribution in [0.4, 0.5) is 0 Å². The van der Waals surface area contributed by atoms with E-state index in [1.165, 1.54) is 0 Å². The van der Waals surface area contributed by atoms with E-state index in [-0.39, 0.29) is 17.9 Å². The minimum atomic E-state index is -0.811. The van der Waals surface area contributed by atoms with Crippen molar-refractivity contribution >= 4 is 16.7 Å². The second-order valence-electron chi connectivity index (χ2n) is 3.99. The van der Waals surface area contributed by atoms with Crippen LogP contribution in [0.15, 0.2) is 0 Å². The molecule has 1 aliphatic rings. The van der Waals surface area contributed by atoms with Crippen molar-refractivity contribution in [3.63, 3.8) is 0 Å². The van der Waals surface area contributed by atoms with Gasteiger partial charge in [-0.3, -0.25) is 9.00 Å². The molecule has 1 aliphatic heterocycles. The highest BCUT2D eigenvalue weighted by atomic mass is 32.2. The molecule has 0 aliphatic carbocycles. The first kappa shape index (κ1) is 12.2. The predicted molar refractivity (Wildman–Crippen MR) is 58.4 cm³/mol. The van der Waals surface area contributed by atoms with E-state index in [1.54, 1.807) is 11.2 Å².